The standard InChI is InChI=1S/C26H31NS/c1-18-13-25(19(2)12-22(18)10-11-27)14-20-15-26(28-17-20)24-9-8-21-6-4-3-5-7-23(21)16-24/h8-9,12-13,15-17H,3-7,10-11,14,27H2,1-2H3. The van der Waals surface area contributed by atoms with Crippen molar-refractivity contribution >= 4 is 11.3 Å². The first-order chi connectivity index (χ1) is 13.6. The van der Waals surface area contributed by atoms with Crippen LogP contribution in [0.15, 0.2) is 41.8 Å². The molecule has 1 aliphatic rings. The Bertz CT molecular complexity index is 967. The largest absolute Gasteiger partial charge is 0.330 e. The molecule has 0 saturated heterocycles. The smallest absolute Gasteiger partial charge is 0.0345 e. The number of nitrogens with two attached hydrogens (primary N) is 1. The van der Waals surface area contributed by atoms with Crippen molar-refractivity contribution < 1.29 is 0 Å². The molecule has 3 aromatic rings. The summed E-state index contributed by atoms with van der Waals surface area (Å²) in [6, 6.07) is 14.2. The second-order valence-electron chi connectivity index (χ2n) is 8.28. The molecule has 1 nitrogen and oxygen atoms in total. The zero-order chi connectivity index (χ0) is 19.5. The van der Waals surface area contributed by atoms with Crippen molar-refractivity contribution in [1.82, 2.24) is 0 Å². The van der Waals surface area contributed by atoms with Gasteiger partial charge in [-0.1, -0.05) is 36.8 Å². The predicted octanol–water partition coefficient (Wildman–Crippen LogP) is 6.39. The van der Waals surface area contributed by atoms with E-state index in [1.54, 1.807) is 11.1 Å². The van der Waals surface area contributed by atoms with E-state index in [0.29, 0.717) is 6.54 Å². The first-order valence-electron chi connectivity index (χ1n) is 10.6. The highest BCUT2D eigenvalue weighted by atomic mass is 32.1. The van der Waals surface area contributed by atoms with E-state index in [2.05, 4.69) is 55.6 Å². The van der Waals surface area contributed by atoms with E-state index in [0.717, 1.165) is 12.8 Å². The maximum atomic E-state index is 5.75. The number of hydrogen-bond acceptors (Lipinski definition) is 2. The van der Waals surface area contributed by atoms with Crippen molar-refractivity contribution in [2.45, 2.75) is 58.8 Å². The van der Waals surface area contributed by atoms with Gasteiger partial charge in [0.15, 0.2) is 0 Å². The van der Waals surface area contributed by atoms with Crippen molar-refractivity contribution in [3.63, 3.8) is 0 Å². The molecule has 28 heavy (non-hydrogen) atoms. The third-order valence-electron chi connectivity index (χ3n) is 6.14. The molecule has 1 aliphatic carbocycles. The van der Waals surface area contributed by atoms with Gasteiger partial charge < -0.3 is 5.73 Å². The summed E-state index contributed by atoms with van der Waals surface area (Å²) in [5.41, 5.74) is 17.3. The molecular weight excluding hydrogens is 358 g/mol. The number of rotatable bonds is 5. The maximum absolute atomic E-state index is 5.75. The van der Waals surface area contributed by atoms with Crippen LogP contribution in [0.2, 0.25) is 0 Å². The third kappa shape index (κ3) is 4.24. The molecule has 0 unspecified atom stereocenters. The van der Waals surface area contributed by atoms with Gasteiger partial charge >= 0.3 is 0 Å². The van der Waals surface area contributed by atoms with Crippen LogP contribution in [-0.2, 0) is 25.7 Å². The second-order valence-corrected chi connectivity index (χ2v) is 9.20. The Morgan fingerprint density at radius 1 is 0.857 bits per heavy atom. The molecule has 0 saturated carbocycles. The molecule has 2 aromatic carbocycles. The molecule has 0 amide bonds. The summed E-state index contributed by atoms with van der Waals surface area (Å²) in [5, 5.41) is 2.34. The van der Waals surface area contributed by atoms with Crippen LogP contribution < -0.4 is 5.73 Å². The summed E-state index contributed by atoms with van der Waals surface area (Å²) in [4.78, 5) is 1.40. The Morgan fingerprint density at radius 3 is 2.43 bits per heavy atom. The van der Waals surface area contributed by atoms with Crippen molar-refractivity contribution in [3.8, 4) is 10.4 Å². The van der Waals surface area contributed by atoms with E-state index in [1.807, 2.05) is 11.3 Å². The van der Waals surface area contributed by atoms with Gasteiger partial charge in [-0.05, 0) is 115 Å². The summed E-state index contributed by atoms with van der Waals surface area (Å²) in [7, 11) is 0. The molecule has 0 bridgehead atoms. The topological polar surface area (TPSA) is 26.0 Å². The van der Waals surface area contributed by atoms with Gasteiger partial charge in [-0.15, -0.1) is 11.3 Å². The van der Waals surface area contributed by atoms with Crippen LogP contribution in [0.5, 0.6) is 0 Å². The van der Waals surface area contributed by atoms with E-state index >= 15 is 0 Å². The van der Waals surface area contributed by atoms with E-state index in [4.69, 9.17) is 5.73 Å². The molecule has 0 fully saturated rings. The van der Waals surface area contributed by atoms with Gasteiger partial charge in [0.05, 0.1) is 0 Å². The predicted molar refractivity (Wildman–Crippen MR) is 122 cm³/mol. The highest BCUT2D eigenvalue weighted by molar-refractivity contribution is 7.13. The Morgan fingerprint density at radius 2 is 1.61 bits per heavy atom. The minimum atomic E-state index is 0.717. The molecule has 1 heterocycles. The van der Waals surface area contributed by atoms with Gasteiger partial charge in [-0.25, -0.2) is 0 Å². The average Bonchev–Trinajstić information content (AvgIpc) is 3.02. The van der Waals surface area contributed by atoms with Crippen molar-refractivity contribution in [3.05, 3.63) is 80.7 Å². The lowest BCUT2D eigenvalue weighted by Gasteiger charge is -2.11. The van der Waals surface area contributed by atoms with Gasteiger partial charge in [0.2, 0.25) is 0 Å². The van der Waals surface area contributed by atoms with Crippen LogP contribution in [0.1, 0.15) is 58.2 Å². The summed E-state index contributed by atoms with van der Waals surface area (Å²) in [6.45, 7) is 5.16. The van der Waals surface area contributed by atoms with Crippen LogP contribution in [0.25, 0.3) is 10.4 Å². The number of aryl methyl sites for hydroxylation is 4. The highest BCUT2D eigenvalue weighted by Crippen LogP contribution is 2.32. The van der Waals surface area contributed by atoms with Gasteiger partial charge in [-0.3, -0.25) is 0 Å². The number of hydrogen-bond donors (Lipinski definition) is 1. The van der Waals surface area contributed by atoms with Gasteiger partial charge in [-0.2, -0.15) is 0 Å². The number of benzene rings is 2. The van der Waals surface area contributed by atoms with E-state index < -0.39 is 0 Å². The van der Waals surface area contributed by atoms with E-state index in [9.17, 15) is 0 Å². The molecule has 2 N–H and O–H groups in total. The van der Waals surface area contributed by atoms with Crippen LogP contribution in [0, 0.1) is 13.8 Å². The lowest BCUT2D eigenvalue weighted by atomic mass is 9.94. The summed E-state index contributed by atoms with van der Waals surface area (Å²) >= 11 is 1.88. The minimum absolute atomic E-state index is 0.717. The van der Waals surface area contributed by atoms with Gasteiger partial charge in [0, 0.05) is 4.88 Å². The maximum Gasteiger partial charge on any atom is 0.0345 e. The molecule has 146 valence electrons. The van der Waals surface area contributed by atoms with Crippen LogP contribution >= 0.6 is 11.3 Å². The molecule has 0 spiro atoms. The Balaban J connectivity index is 1.55. The zero-order valence-electron chi connectivity index (χ0n) is 17.2. The molecule has 4 rings (SSSR count). The summed E-state index contributed by atoms with van der Waals surface area (Å²) < 4.78 is 0. The van der Waals surface area contributed by atoms with Crippen LogP contribution in [-0.4, -0.2) is 6.54 Å². The molecule has 0 aliphatic heterocycles. The van der Waals surface area contributed by atoms with Crippen molar-refractivity contribution in [1.29, 1.82) is 0 Å². The molecular formula is C26H31NS. The zero-order valence-corrected chi connectivity index (χ0v) is 18.0. The lowest BCUT2D eigenvalue weighted by Crippen LogP contribution is -2.05. The molecule has 0 radical (unpaired) electrons. The average molecular weight is 390 g/mol. The molecule has 2 heteroatoms. The molecule has 0 atom stereocenters. The van der Waals surface area contributed by atoms with Gasteiger partial charge in [0.1, 0.15) is 0 Å². The van der Waals surface area contributed by atoms with Crippen LogP contribution in [0.4, 0.5) is 0 Å². The first kappa shape index (κ1) is 19.4. The lowest BCUT2D eigenvalue weighted by molar-refractivity contribution is 0.711. The highest BCUT2D eigenvalue weighted by Gasteiger charge is 2.11. The summed E-state index contributed by atoms with van der Waals surface area (Å²) in [5.74, 6) is 0. The quantitative estimate of drug-likeness (QED) is 0.503. The van der Waals surface area contributed by atoms with E-state index in [1.165, 1.54) is 70.4 Å². The SMILES string of the molecule is Cc1cc(Cc2csc(-c3ccc4c(c3)CCCCC4)c2)c(C)cc1CCN. The fourth-order valence-electron chi connectivity index (χ4n) is 4.45. The Hall–Kier alpha value is -1.90. The van der Waals surface area contributed by atoms with E-state index in [-0.39, 0.29) is 0 Å². The van der Waals surface area contributed by atoms with Crippen molar-refractivity contribution in [2.75, 3.05) is 6.54 Å². The number of thiophene rings is 1. The third-order valence-corrected chi connectivity index (χ3v) is 7.17. The fraction of sp³-hybridized carbons (Fsp3) is 0.385. The fourth-order valence-corrected chi connectivity index (χ4v) is 5.37. The Kier molecular flexibility index (Phi) is 5.99. The summed E-state index contributed by atoms with van der Waals surface area (Å²) in [6.07, 6.45) is 8.53. The van der Waals surface area contributed by atoms with Crippen LogP contribution in [0.3, 0.4) is 0 Å². The normalized spacial score (nSPS) is 14.0. The monoisotopic (exact) mass is 389 g/mol. The van der Waals surface area contributed by atoms with Crippen molar-refractivity contribution in [2.24, 2.45) is 5.73 Å². The second kappa shape index (κ2) is 8.63. The number of fused-ring (bicyclic) bond motifs is 1. The van der Waals surface area contributed by atoms with Gasteiger partial charge in [0.25, 0.3) is 0 Å². The molecule has 1 aromatic heterocycles. The minimum Gasteiger partial charge on any atom is -0.330 e. The Labute approximate surface area is 173 Å². The first-order valence-corrected chi connectivity index (χ1v) is 11.5.